The fourth-order valence-corrected chi connectivity index (χ4v) is 2.32. The zero-order chi connectivity index (χ0) is 14.0. The summed E-state index contributed by atoms with van der Waals surface area (Å²) in [4.78, 5) is 0. The molecule has 2 aromatic carbocycles. The average Bonchev–Trinajstić information content (AvgIpc) is 2.33. The van der Waals surface area contributed by atoms with Crippen LogP contribution in [0.2, 0.25) is 5.02 Å². The Morgan fingerprint density at radius 2 is 1.89 bits per heavy atom. The van der Waals surface area contributed by atoms with Crippen LogP contribution in [0.5, 0.6) is 0 Å². The standard InChI is InChI=1S/C16H16ClFO/c1-10-3-5-13(11(2)7-10)16(19)9-12-4-6-14(17)15(18)8-12/h3-8,16,19H,9H2,1-2H3. The summed E-state index contributed by atoms with van der Waals surface area (Å²) in [7, 11) is 0. The second kappa shape index (κ2) is 5.72. The van der Waals surface area contributed by atoms with Crippen LogP contribution < -0.4 is 0 Å². The minimum Gasteiger partial charge on any atom is -0.388 e. The van der Waals surface area contributed by atoms with Gasteiger partial charge in [0.25, 0.3) is 0 Å². The Morgan fingerprint density at radius 1 is 1.16 bits per heavy atom. The van der Waals surface area contributed by atoms with Gasteiger partial charge < -0.3 is 5.11 Å². The molecule has 0 saturated heterocycles. The van der Waals surface area contributed by atoms with E-state index < -0.39 is 11.9 Å². The molecule has 1 N–H and O–H groups in total. The molecule has 100 valence electrons. The second-order valence-corrected chi connectivity index (χ2v) is 5.24. The summed E-state index contributed by atoms with van der Waals surface area (Å²) < 4.78 is 13.4. The quantitative estimate of drug-likeness (QED) is 0.884. The minimum atomic E-state index is -0.638. The normalized spacial score (nSPS) is 12.5. The van der Waals surface area contributed by atoms with E-state index in [0.717, 1.165) is 22.3 Å². The molecule has 0 radical (unpaired) electrons. The number of benzene rings is 2. The van der Waals surface area contributed by atoms with Gasteiger partial charge in [-0.25, -0.2) is 4.39 Å². The van der Waals surface area contributed by atoms with Crippen molar-refractivity contribution in [3.8, 4) is 0 Å². The highest BCUT2D eigenvalue weighted by atomic mass is 35.5. The molecule has 0 amide bonds. The number of aliphatic hydroxyl groups excluding tert-OH is 1. The second-order valence-electron chi connectivity index (χ2n) is 4.83. The van der Waals surface area contributed by atoms with Crippen LogP contribution in [0.3, 0.4) is 0 Å². The molecule has 2 rings (SSSR count). The lowest BCUT2D eigenvalue weighted by Gasteiger charge is -2.14. The zero-order valence-electron chi connectivity index (χ0n) is 11.0. The van der Waals surface area contributed by atoms with Gasteiger partial charge in [-0.2, -0.15) is 0 Å². The number of hydrogen-bond donors (Lipinski definition) is 1. The van der Waals surface area contributed by atoms with Crippen LogP contribution in [0.15, 0.2) is 36.4 Å². The summed E-state index contributed by atoms with van der Waals surface area (Å²) in [5.41, 5.74) is 3.81. The van der Waals surface area contributed by atoms with Crippen LogP contribution in [0.4, 0.5) is 4.39 Å². The molecule has 0 aliphatic heterocycles. The van der Waals surface area contributed by atoms with Crippen molar-refractivity contribution in [2.75, 3.05) is 0 Å². The van der Waals surface area contributed by atoms with E-state index in [0.29, 0.717) is 6.42 Å². The van der Waals surface area contributed by atoms with Crippen LogP contribution in [-0.2, 0) is 6.42 Å². The van der Waals surface area contributed by atoms with E-state index in [9.17, 15) is 9.50 Å². The Hall–Kier alpha value is -1.38. The molecule has 1 unspecified atom stereocenters. The molecule has 0 aliphatic rings. The van der Waals surface area contributed by atoms with E-state index >= 15 is 0 Å². The molecule has 1 nitrogen and oxygen atoms in total. The topological polar surface area (TPSA) is 20.2 Å². The van der Waals surface area contributed by atoms with Gasteiger partial charge in [0.1, 0.15) is 5.82 Å². The van der Waals surface area contributed by atoms with E-state index in [1.807, 2.05) is 32.0 Å². The number of aliphatic hydroxyl groups is 1. The first-order valence-electron chi connectivity index (χ1n) is 6.16. The predicted molar refractivity (Wildman–Crippen MR) is 76.0 cm³/mol. The summed E-state index contributed by atoms with van der Waals surface area (Å²) in [6, 6.07) is 10.5. The Morgan fingerprint density at radius 3 is 2.53 bits per heavy atom. The molecule has 3 heteroatoms. The first kappa shape index (κ1) is 14.0. The van der Waals surface area contributed by atoms with Crippen molar-refractivity contribution in [1.82, 2.24) is 0 Å². The molecule has 0 heterocycles. The maximum absolute atomic E-state index is 13.4. The lowest BCUT2D eigenvalue weighted by atomic mass is 9.96. The van der Waals surface area contributed by atoms with Crippen molar-refractivity contribution < 1.29 is 9.50 Å². The van der Waals surface area contributed by atoms with E-state index in [1.54, 1.807) is 6.07 Å². The van der Waals surface area contributed by atoms with Crippen LogP contribution >= 0.6 is 11.6 Å². The molecular formula is C16H16ClFO. The lowest BCUT2D eigenvalue weighted by molar-refractivity contribution is 0.177. The van der Waals surface area contributed by atoms with E-state index in [2.05, 4.69) is 0 Å². The number of aryl methyl sites for hydroxylation is 2. The third-order valence-electron chi connectivity index (χ3n) is 3.20. The van der Waals surface area contributed by atoms with Crippen LogP contribution in [-0.4, -0.2) is 5.11 Å². The molecule has 0 fully saturated rings. The molecule has 0 saturated carbocycles. The SMILES string of the molecule is Cc1ccc(C(O)Cc2ccc(Cl)c(F)c2)c(C)c1. The summed E-state index contributed by atoms with van der Waals surface area (Å²) in [5.74, 6) is -0.452. The summed E-state index contributed by atoms with van der Waals surface area (Å²) in [5, 5.41) is 10.4. The highest BCUT2D eigenvalue weighted by Crippen LogP contribution is 2.24. The van der Waals surface area contributed by atoms with Gasteiger partial charge in [0.2, 0.25) is 0 Å². The van der Waals surface area contributed by atoms with Crippen molar-refractivity contribution in [2.24, 2.45) is 0 Å². The molecule has 19 heavy (non-hydrogen) atoms. The Balaban J connectivity index is 2.20. The van der Waals surface area contributed by atoms with Gasteiger partial charge in [0.05, 0.1) is 11.1 Å². The van der Waals surface area contributed by atoms with Crippen molar-refractivity contribution >= 4 is 11.6 Å². The van der Waals surface area contributed by atoms with Gasteiger partial charge >= 0.3 is 0 Å². The molecule has 2 aromatic rings. The van der Waals surface area contributed by atoms with Gasteiger partial charge in [-0.1, -0.05) is 41.4 Å². The molecule has 0 aliphatic carbocycles. The highest BCUT2D eigenvalue weighted by Gasteiger charge is 2.12. The lowest BCUT2D eigenvalue weighted by Crippen LogP contribution is -2.04. The Bertz CT molecular complexity index is 595. The molecule has 0 aromatic heterocycles. The summed E-state index contributed by atoms with van der Waals surface area (Å²) >= 11 is 5.64. The van der Waals surface area contributed by atoms with Crippen molar-refractivity contribution in [2.45, 2.75) is 26.4 Å². The average molecular weight is 279 g/mol. The smallest absolute Gasteiger partial charge is 0.142 e. The molecule has 0 bridgehead atoms. The van der Waals surface area contributed by atoms with E-state index in [-0.39, 0.29) is 5.02 Å². The monoisotopic (exact) mass is 278 g/mol. The fraction of sp³-hybridized carbons (Fsp3) is 0.250. The van der Waals surface area contributed by atoms with Gasteiger partial charge in [-0.3, -0.25) is 0 Å². The largest absolute Gasteiger partial charge is 0.388 e. The van der Waals surface area contributed by atoms with E-state index in [4.69, 9.17) is 11.6 Å². The molecular weight excluding hydrogens is 263 g/mol. The van der Waals surface area contributed by atoms with Gasteiger partial charge in [-0.15, -0.1) is 0 Å². The van der Waals surface area contributed by atoms with Crippen LogP contribution in [0, 0.1) is 19.7 Å². The maximum atomic E-state index is 13.4. The zero-order valence-corrected chi connectivity index (χ0v) is 11.7. The van der Waals surface area contributed by atoms with Crippen molar-refractivity contribution in [1.29, 1.82) is 0 Å². The Labute approximate surface area is 117 Å². The third-order valence-corrected chi connectivity index (χ3v) is 3.50. The summed E-state index contributed by atoms with van der Waals surface area (Å²) in [6.45, 7) is 3.98. The summed E-state index contributed by atoms with van der Waals surface area (Å²) in [6.07, 6.45) is -0.265. The molecule has 0 spiro atoms. The first-order valence-corrected chi connectivity index (χ1v) is 6.54. The number of rotatable bonds is 3. The van der Waals surface area contributed by atoms with E-state index in [1.165, 1.54) is 12.1 Å². The van der Waals surface area contributed by atoms with Crippen LogP contribution in [0.1, 0.15) is 28.4 Å². The van der Waals surface area contributed by atoms with Gasteiger partial charge in [-0.05, 0) is 42.7 Å². The Kier molecular flexibility index (Phi) is 4.23. The number of halogens is 2. The first-order chi connectivity index (χ1) is 8.97. The van der Waals surface area contributed by atoms with Crippen molar-refractivity contribution in [3.05, 3.63) is 69.5 Å². The third kappa shape index (κ3) is 3.34. The predicted octanol–water partition coefficient (Wildman–Crippen LogP) is 4.37. The highest BCUT2D eigenvalue weighted by molar-refractivity contribution is 6.30. The van der Waals surface area contributed by atoms with Gasteiger partial charge in [0, 0.05) is 6.42 Å². The number of hydrogen-bond acceptors (Lipinski definition) is 1. The fourth-order valence-electron chi connectivity index (χ4n) is 2.20. The van der Waals surface area contributed by atoms with Gasteiger partial charge in [0.15, 0.2) is 0 Å². The molecule has 1 atom stereocenters. The minimum absolute atomic E-state index is 0.102. The van der Waals surface area contributed by atoms with Crippen LogP contribution in [0.25, 0.3) is 0 Å². The maximum Gasteiger partial charge on any atom is 0.142 e. The van der Waals surface area contributed by atoms with Crippen molar-refractivity contribution in [3.63, 3.8) is 0 Å².